The Balaban J connectivity index is 0.000000256. The van der Waals surface area contributed by atoms with Gasteiger partial charge in [-0.1, -0.05) is 70.1 Å². The van der Waals surface area contributed by atoms with Crippen LogP contribution in [0.2, 0.25) is 0 Å². The highest BCUT2D eigenvalue weighted by atomic mass is 32.1. The maximum absolute atomic E-state index is 11.2. The predicted octanol–water partition coefficient (Wildman–Crippen LogP) is 3.99. The Morgan fingerprint density at radius 1 is 1.17 bits per heavy atom. The molecule has 0 spiro atoms. The van der Waals surface area contributed by atoms with Gasteiger partial charge in [-0.2, -0.15) is 0 Å². The van der Waals surface area contributed by atoms with Gasteiger partial charge in [-0.3, -0.25) is 4.79 Å². The molecule has 0 radical (unpaired) electrons. The molecule has 0 aliphatic heterocycles. The van der Waals surface area contributed by atoms with Crippen LogP contribution >= 0.6 is 11.3 Å². The first-order valence-electron chi connectivity index (χ1n) is 8.54. The molecule has 2 N–H and O–H groups in total. The topological polar surface area (TPSA) is 48.6 Å². The molecule has 0 saturated carbocycles. The summed E-state index contributed by atoms with van der Waals surface area (Å²) >= 11 is 1.18. The third-order valence-corrected chi connectivity index (χ3v) is 5.27. The van der Waals surface area contributed by atoms with Crippen LogP contribution in [0.5, 0.6) is 0 Å². The first-order chi connectivity index (χ1) is 11.6. The molecule has 1 aromatic carbocycles. The van der Waals surface area contributed by atoms with Crippen molar-refractivity contribution in [3.05, 3.63) is 55.6 Å². The standard InChI is InChI=1S/C13H10N2OS.C7H16/c1-8-12(17-13(16)15-8)7-9-3-2-4-11-10(9)5-6-14-11;1-4-7(5-2)6-3/h2-7,14H,1H2,(H,15,16);7H,4-6H2,1-3H3/b12-7-;. The summed E-state index contributed by atoms with van der Waals surface area (Å²) in [6, 6.07) is 8.07. The van der Waals surface area contributed by atoms with E-state index in [1.807, 2.05) is 36.5 Å². The van der Waals surface area contributed by atoms with Gasteiger partial charge in [-0.25, -0.2) is 0 Å². The minimum Gasteiger partial charge on any atom is -0.361 e. The predicted molar refractivity (Wildman–Crippen MR) is 106 cm³/mol. The number of benzene rings is 1. The normalized spacial score (nSPS) is 11.8. The third-order valence-electron chi connectivity index (χ3n) is 4.40. The molecule has 3 rings (SSSR count). The number of aromatic amines is 2. The van der Waals surface area contributed by atoms with E-state index in [-0.39, 0.29) is 4.87 Å². The van der Waals surface area contributed by atoms with E-state index in [4.69, 9.17) is 0 Å². The van der Waals surface area contributed by atoms with Crippen LogP contribution in [0.15, 0.2) is 35.3 Å². The zero-order chi connectivity index (χ0) is 17.5. The second-order valence-electron chi connectivity index (χ2n) is 5.88. The van der Waals surface area contributed by atoms with Crippen molar-refractivity contribution in [2.45, 2.75) is 40.0 Å². The maximum Gasteiger partial charge on any atom is 0.305 e. The largest absolute Gasteiger partial charge is 0.361 e. The minimum atomic E-state index is -0.0671. The fourth-order valence-corrected chi connectivity index (χ4v) is 3.47. The second-order valence-corrected chi connectivity index (χ2v) is 6.89. The van der Waals surface area contributed by atoms with Gasteiger partial charge in [0.1, 0.15) is 0 Å². The third kappa shape index (κ3) is 4.48. The van der Waals surface area contributed by atoms with Gasteiger partial charge in [0, 0.05) is 17.1 Å². The van der Waals surface area contributed by atoms with Gasteiger partial charge in [-0.15, -0.1) is 0 Å². The molecule has 0 unspecified atom stereocenters. The lowest BCUT2D eigenvalue weighted by molar-refractivity contribution is 0.477. The average molecular weight is 343 g/mol. The Hall–Kier alpha value is -2.07. The van der Waals surface area contributed by atoms with E-state index < -0.39 is 0 Å². The number of nitrogens with one attached hydrogen (secondary N) is 2. The molecule has 24 heavy (non-hydrogen) atoms. The van der Waals surface area contributed by atoms with Gasteiger partial charge >= 0.3 is 4.87 Å². The SMILES string of the molecule is C=c1[nH]c(=O)s/c1=C\c1cccc2[nH]ccc12.CCC(CC)CC. The number of thiazole rings is 1. The summed E-state index contributed by atoms with van der Waals surface area (Å²) in [5.74, 6) is 0.986. The molecule has 0 fully saturated rings. The van der Waals surface area contributed by atoms with Crippen LogP contribution in [0, 0.1) is 5.92 Å². The van der Waals surface area contributed by atoms with Crippen LogP contribution in [-0.4, -0.2) is 9.97 Å². The monoisotopic (exact) mass is 342 g/mol. The van der Waals surface area contributed by atoms with Crippen molar-refractivity contribution in [3.8, 4) is 0 Å². The lowest BCUT2D eigenvalue weighted by atomic mass is 10.0. The van der Waals surface area contributed by atoms with Crippen LogP contribution in [0.3, 0.4) is 0 Å². The van der Waals surface area contributed by atoms with Crippen molar-refractivity contribution in [3.63, 3.8) is 0 Å². The zero-order valence-corrected chi connectivity index (χ0v) is 15.5. The molecule has 0 aliphatic rings. The van der Waals surface area contributed by atoms with Gasteiger partial charge in [0.05, 0.1) is 9.88 Å². The molecule has 3 nitrogen and oxygen atoms in total. The summed E-state index contributed by atoms with van der Waals surface area (Å²) in [5, 5.41) is 1.82. The van der Waals surface area contributed by atoms with E-state index in [1.54, 1.807) is 0 Å². The molecule has 0 aliphatic carbocycles. The number of hydrogen-bond donors (Lipinski definition) is 2. The number of H-pyrrole nitrogens is 2. The molecule has 2 aromatic heterocycles. The average Bonchev–Trinajstić information content (AvgIpc) is 3.17. The molecular formula is C20H26N2OS. The lowest BCUT2D eigenvalue weighted by Crippen LogP contribution is -2.19. The Bertz CT molecular complexity index is 923. The van der Waals surface area contributed by atoms with Crippen LogP contribution in [0.1, 0.15) is 45.6 Å². The summed E-state index contributed by atoms with van der Waals surface area (Å²) in [6.07, 6.45) is 7.96. The molecule has 0 saturated heterocycles. The molecule has 0 atom stereocenters. The Morgan fingerprint density at radius 2 is 1.88 bits per heavy atom. The van der Waals surface area contributed by atoms with Crippen molar-refractivity contribution in [1.82, 2.24) is 9.97 Å². The number of hydrogen-bond acceptors (Lipinski definition) is 2. The first-order valence-corrected chi connectivity index (χ1v) is 9.36. The van der Waals surface area contributed by atoms with Crippen LogP contribution in [0.25, 0.3) is 23.6 Å². The van der Waals surface area contributed by atoms with E-state index in [9.17, 15) is 4.79 Å². The quantitative estimate of drug-likeness (QED) is 0.740. The van der Waals surface area contributed by atoms with Crippen LogP contribution in [-0.2, 0) is 0 Å². The summed E-state index contributed by atoms with van der Waals surface area (Å²) < 4.78 is 0.878. The Labute approximate surface area is 146 Å². The highest BCUT2D eigenvalue weighted by Gasteiger charge is 1.99. The lowest BCUT2D eigenvalue weighted by Gasteiger charge is -2.05. The van der Waals surface area contributed by atoms with E-state index in [2.05, 4.69) is 37.3 Å². The molecule has 0 bridgehead atoms. The van der Waals surface area contributed by atoms with Crippen LogP contribution < -0.4 is 14.8 Å². The van der Waals surface area contributed by atoms with Gasteiger partial charge in [-0.05, 0) is 29.7 Å². The smallest absolute Gasteiger partial charge is 0.305 e. The molecule has 0 amide bonds. The van der Waals surface area contributed by atoms with Gasteiger partial charge in [0.15, 0.2) is 0 Å². The van der Waals surface area contributed by atoms with Crippen molar-refractivity contribution >= 4 is 34.9 Å². The fourth-order valence-electron chi connectivity index (χ4n) is 2.73. The van der Waals surface area contributed by atoms with Gasteiger partial charge in [0.2, 0.25) is 0 Å². The maximum atomic E-state index is 11.2. The minimum absolute atomic E-state index is 0.0671. The second kappa shape index (κ2) is 8.69. The Kier molecular flexibility index (Phi) is 6.62. The molecule has 2 heterocycles. The number of fused-ring (bicyclic) bond motifs is 1. The van der Waals surface area contributed by atoms with Crippen molar-refractivity contribution in [2.75, 3.05) is 0 Å². The first kappa shape index (κ1) is 18.3. The molecule has 3 aromatic rings. The summed E-state index contributed by atoms with van der Waals surface area (Å²) in [6.45, 7) is 10.6. The highest BCUT2D eigenvalue weighted by Crippen LogP contribution is 2.17. The molecule has 4 heteroatoms. The van der Waals surface area contributed by atoms with E-state index >= 15 is 0 Å². The number of aromatic nitrogens is 2. The van der Waals surface area contributed by atoms with Crippen molar-refractivity contribution in [1.29, 1.82) is 0 Å². The van der Waals surface area contributed by atoms with Crippen molar-refractivity contribution < 1.29 is 0 Å². The number of rotatable bonds is 4. The summed E-state index contributed by atoms with van der Waals surface area (Å²) in [5.41, 5.74) is 2.18. The fraction of sp³-hybridized carbons (Fsp3) is 0.350. The van der Waals surface area contributed by atoms with Gasteiger partial charge < -0.3 is 9.97 Å². The van der Waals surface area contributed by atoms with Gasteiger partial charge in [0.25, 0.3) is 0 Å². The highest BCUT2D eigenvalue weighted by molar-refractivity contribution is 7.07. The molecule has 128 valence electrons. The van der Waals surface area contributed by atoms with Crippen molar-refractivity contribution in [2.24, 2.45) is 5.92 Å². The zero-order valence-electron chi connectivity index (χ0n) is 14.7. The van der Waals surface area contributed by atoms with E-state index in [0.717, 1.165) is 26.9 Å². The molecular weight excluding hydrogens is 316 g/mol. The van der Waals surface area contributed by atoms with E-state index in [1.165, 1.54) is 30.6 Å². The van der Waals surface area contributed by atoms with Crippen LogP contribution in [0.4, 0.5) is 0 Å². The summed E-state index contributed by atoms with van der Waals surface area (Å²) in [7, 11) is 0. The summed E-state index contributed by atoms with van der Waals surface area (Å²) in [4.78, 5) is 17.0. The van der Waals surface area contributed by atoms with E-state index in [0.29, 0.717) is 5.35 Å². The Morgan fingerprint density at radius 3 is 2.42 bits per heavy atom.